The number of methoxy groups -OCH3 is 1. The number of carbonyl (C=O) groups excluding carboxylic acids is 2. The molecule has 0 bridgehead atoms. The smallest absolute Gasteiger partial charge is 0.296 e. The topological polar surface area (TPSA) is 114 Å². The van der Waals surface area contributed by atoms with Gasteiger partial charge in [-0.25, -0.2) is 4.99 Å². The average molecular weight is 469 g/mol. The molecule has 10 heteroatoms. The van der Waals surface area contributed by atoms with Crippen molar-refractivity contribution in [2.45, 2.75) is 43.4 Å². The van der Waals surface area contributed by atoms with Crippen LogP contribution in [0.4, 0.5) is 17.1 Å². The minimum Gasteiger partial charge on any atom is -0.496 e. The standard InChI is InChI=1S/C23H24N4O5S/c1-32-17-11-12-18(19(13-17)27(30)31)25-21(28)14-20-22(29)26(16-9-5-6-10-16)23(33-20)24-15-7-3-2-4-8-15/h2-4,7-8,11-13,16,20H,5-6,9-10,14H2,1H3,(H,25,28). The van der Waals surface area contributed by atoms with E-state index >= 15 is 0 Å². The van der Waals surface area contributed by atoms with E-state index in [1.165, 1.54) is 37.1 Å². The van der Waals surface area contributed by atoms with E-state index in [1.54, 1.807) is 4.90 Å². The highest BCUT2D eigenvalue weighted by atomic mass is 32.2. The first-order chi connectivity index (χ1) is 16.0. The number of amides is 2. The number of anilines is 1. The van der Waals surface area contributed by atoms with Crippen LogP contribution in [0.3, 0.4) is 0 Å². The molecule has 1 saturated heterocycles. The summed E-state index contributed by atoms with van der Waals surface area (Å²) in [6, 6.07) is 13.7. The van der Waals surface area contributed by atoms with Crippen LogP contribution in [-0.2, 0) is 9.59 Å². The summed E-state index contributed by atoms with van der Waals surface area (Å²) in [5.41, 5.74) is 0.536. The minimum atomic E-state index is -0.634. The molecule has 0 aromatic heterocycles. The lowest BCUT2D eigenvalue weighted by Crippen LogP contribution is -2.40. The Bertz CT molecular complexity index is 1090. The molecule has 4 rings (SSSR count). The van der Waals surface area contributed by atoms with Crippen molar-refractivity contribution in [1.82, 2.24) is 4.90 Å². The van der Waals surface area contributed by atoms with Crippen LogP contribution in [0.15, 0.2) is 53.5 Å². The molecule has 1 aliphatic heterocycles. The number of nitro benzene ring substituents is 1. The summed E-state index contributed by atoms with van der Waals surface area (Å²) >= 11 is 1.28. The van der Waals surface area contributed by atoms with Gasteiger partial charge in [0.2, 0.25) is 11.8 Å². The maximum atomic E-state index is 13.3. The SMILES string of the molecule is COc1ccc(NC(=O)CC2SC(=Nc3ccccc3)N(C3CCCC3)C2=O)c([N+](=O)[O-])c1. The molecule has 1 unspecified atom stereocenters. The Kier molecular flexibility index (Phi) is 6.93. The fraction of sp³-hybridized carbons (Fsp3) is 0.348. The molecule has 0 radical (unpaired) electrons. The van der Waals surface area contributed by atoms with Crippen molar-refractivity contribution in [2.24, 2.45) is 4.99 Å². The first kappa shape index (κ1) is 22.8. The Hall–Kier alpha value is -3.40. The van der Waals surface area contributed by atoms with Crippen molar-refractivity contribution in [2.75, 3.05) is 12.4 Å². The molecule has 1 saturated carbocycles. The summed E-state index contributed by atoms with van der Waals surface area (Å²) in [5, 5.41) is 13.9. The number of carbonyl (C=O) groups is 2. The number of nitrogens with one attached hydrogen (secondary N) is 1. The maximum Gasteiger partial charge on any atom is 0.296 e. The first-order valence-electron chi connectivity index (χ1n) is 10.7. The van der Waals surface area contributed by atoms with E-state index in [4.69, 9.17) is 4.74 Å². The third-order valence-corrected chi connectivity index (χ3v) is 6.84. The third-order valence-electron chi connectivity index (χ3n) is 5.68. The largest absolute Gasteiger partial charge is 0.496 e. The van der Waals surface area contributed by atoms with Gasteiger partial charge in [-0.1, -0.05) is 42.8 Å². The monoisotopic (exact) mass is 468 g/mol. The molecule has 1 atom stereocenters. The Labute approximate surface area is 195 Å². The molecule has 1 aliphatic carbocycles. The van der Waals surface area contributed by atoms with Crippen molar-refractivity contribution in [3.63, 3.8) is 0 Å². The molecule has 172 valence electrons. The lowest BCUT2D eigenvalue weighted by atomic mass is 10.2. The first-order valence-corrected chi connectivity index (χ1v) is 11.6. The van der Waals surface area contributed by atoms with Crippen LogP contribution < -0.4 is 10.1 Å². The van der Waals surface area contributed by atoms with Crippen molar-refractivity contribution < 1.29 is 19.2 Å². The number of hydrogen-bond donors (Lipinski definition) is 1. The fourth-order valence-electron chi connectivity index (χ4n) is 4.07. The van der Waals surface area contributed by atoms with E-state index in [0.29, 0.717) is 10.9 Å². The molecule has 1 heterocycles. The van der Waals surface area contributed by atoms with Gasteiger partial charge in [-0.2, -0.15) is 0 Å². The number of ether oxygens (including phenoxy) is 1. The highest BCUT2D eigenvalue weighted by molar-refractivity contribution is 8.15. The van der Waals surface area contributed by atoms with E-state index in [0.717, 1.165) is 31.4 Å². The van der Waals surface area contributed by atoms with Crippen molar-refractivity contribution >= 4 is 45.8 Å². The zero-order chi connectivity index (χ0) is 23.4. The number of nitrogens with zero attached hydrogens (tertiary/aromatic N) is 3. The summed E-state index contributed by atoms with van der Waals surface area (Å²) in [6.45, 7) is 0. The van der Waals surface area contributed by atoms with Crippen molar-refractivity contribution in [3.05, 3.63) is 58.6 Å². The summed E-state index contributed by atoms with van der Waals surface area (Å²) in [6.07, 6.45) is 3.84. The van der Waals surface area contributed by atoms with Gasteiger partial charge in [0, 0.05) is 12.5 Å². The molecular formula is C23H24N4O5S. The van der Waals surface area contributed by atoms with E-state index in [9.17, 15) is 19.7 Å². The molecule has 9 nitrogen and oxygen atoms in total. The zero-order valence-electron chi connectivity index (χ0n) is 18.1. The second kappa shape index (κ2) is 10.0. The van der Waals surface area contributed by atoms with E-state index in [1.807, 2.05) is 30.3 Å². The van der Waals surface area contributed by atoms with Crippen molar-refractivity contribution in [3.8, 4) is 5.75 Å². The summed E-state index contributed by atoms with van der Waals surface area (Å²) in [5.74, 6) is -0.294. The van der Waals surface area contributed by atoms with Gasteiger partial charge >= 0.3 is 0 Å². The molecule has 2 aromatic rings. The summed E-state index contributed by atoms with van der Waals surface area (Å²) < 4.78 is 5.02. The molecule has 0 spiro atoms. The molecule has 2 aromatic carbocycles. The molecular weight excluding hydrogens is 444 g/mol. The number of aliphatic imine (C=N–C) groups is 1. The lowest BCUT2D eigenvalue weighted by molar-refractivity contribution is -0.384. The van der Waals surface area contributed by atoms with Gasteiger partial charge in [0.1, 0.15) is 16.7 Å². The maximum absolute atomic E-state index is 13.3. The van der Waals surface area contributed by atoms with Crippen LogP contribution in [0, 0.1) is 10.1 Å². The second-order valence-corrected chi connectivity index (χ2v) is 9.05. The Morgan fingerprint density at radius 2 is 1.97 bits per heavy atom. The van der Waals surface area contributed by atoms with Crippen LogP contribution in [0.25, 0.3) is 0 Å². The summed E-state index contributed by atoms with van der Waals surface area (Å²) in [7, 11) is 1.41. The number of para-hydroxylation sites is 1. The third kappa shape index (κ3) is 5.16. The number of hydrogen-bond acceptors (Lipinski definition) is 7. The van der Waals surface area contributed by atoms with Gasteiger partial charge in [0.25, 0.3) is 5.69 Å². The number of rotatable bonds is 7. The average Bonchev–Trinajstić information content (AvgIpc) is 3.43. The second-order valence-electron chi connectivity index (χ2n) is 7.88. The highest BCUT2D eigenvalue weighted by Gasteiger charge is 2.43. The zero-order valence-corrected chi connectivity index (χ0v) is 18.9. The minimum absolute atomic E-state index is 0.0621. The van der Waals surface area contributed by atoms with Gasteiger partial charge in [0.15, 0.2) is 5.17 Å². The molecule has 2 amide bonds. The lowest BCUT2D eigenvalue weighted by Gasteiger charge is -2.23. The van der Waals surface area contributed by atoms with Crippen molar-refractivity contribution in [1.29, 1.82) is 0 Å². The van der Waals surface area contributed by atoms with Gasteiger partial charge in [0.05, 0.1) is 23.8 Å². The molecule has 2 fully saturated rings. The Morgan fingerprint density at radius 3 is 2.64 bits per heavy atom. The quantitative estimate of drug-likeness (QED) is 0.472. The normalized spacial score (nSPS) is 19.8. The summed E-state index contributed by atoms with van der Waals surface area (Å²) in [4.78, 5) is 43.2. The van der Waals surface area contributed by atoms with Gasteiger partial charge in [-0.05, 0) is 37.1 Å². The van der Waals surface area contributed by atoms with Crippen LogP contribution in [0.2, 0.25) is 0 Å². The predicted molar refractivity (Wildman–Crippen MR) is 127 cm³/mol. The highest BCUT2D eigenvalue weighted by Crippen LogP contribution is 2.37. The molecule has 1 N–H and O–H groups in total. The van der Waals surface area contributed by atoms with Crippen LogP contribution in [-0.4, -0.2) is 45.2 Å². The van der Waals surface area contributed by atoms with Gasteiger partial charge in [-0.3, -0.25) is 24.6 Å². The molecule has 2 aliphatic rings. The number of thioether (sulfide) groups is 1. The van der Waals surface area contributed by atoms with Crippen LogP contribution in [0.1, 0.15) is 32.1 Å². The van der Waals surface area contributed by atoms with E-state index in [2.05, 4.69) is 10.3 Å². The van der Waals surface area contributed by atoms with Crippen LogP contribution >= 0.6 is 11.8 Å². The fourth-order valence-corrected chi connectivity index (χ4v) is 5.28. The number of nitro groups is 1. The van der Waals surface area contributed by atoms with Gasteiger partial charge in [-0.15, -0.1) is 0 Å². The number of benzene rings is 2. The predicted octanol–water partition coefficient (Wildman–Crippen LogP) is 4.51. The Balaban J connectivity index is 1.52. The van der Waals surface area contributed by atoms with Crippen LogP contribution in [0.5, 0.6) is 5.75 Å². The number of amidine groups is 1. The van der Waals surface area contributed by atoms with E-state index in [-0.39, 0.29) is 29.7 Å². The molecule has 33 heavy (non-hydrogen) atoms. The Morgan fingerprint density at radius 1 is 1.24 bits per heavy atom. The van der Waals surface area contributed by atoms with E-state index < -0.39 is 16.1 Å². The van der Waals surface area contributed by atoms with Gasteiger partial charge < -0.3 is 10.1 Å².